The molecule has 1 saturated carbocycles. The molecule has 12 heteroatoms. The molecule has 1 fully saturated rings. The van der Waals surface area contributed by atoms with Crippen molar-refractivity contribution in [2.75, 3.05) is 0 Å². The van der Waals surface area contributed by atoms with Crippen LogP contribution in [0.1, 0.15) is 44.8 Å². The molecule has 0 aliphatic heterocycles. The van der Waals surface area contributed by atoms with Gasteiger partial charge in [-0.15, -0.1) is 0 Å². The largest absolute Gasteiger partial charge is 0.478 e. The maximum Gasteiger partial charge on any atom is 0.436 e. The van der Waals surface area contributed by atoms with E-state index in [-0.39, 0.29) is 21.4 Å². The van der Waals surface area contributed by atoms with E-state index in [1.165, 1.54) is 49.5 Å². The molecule has 2 N–H and O–H groups in total. The highest BCUT2D eigenvalue weighted by molar-refractivity contribution is 6.42. The van der Waals surface area contributed by atoms with Crippen molar-refractivity contribution in [1.29, 1.82) is 0 Å². The van der Waals surface area contributed by atoms with E-state index in [0.717, 1.165) is 4.68 Å². The quantitative estimate of drug-likeness (QED) is 0.443. The molecule has 0 bridgehead atoms. The molecule has 0 unspecified atom stereocenters. The smallest absolute Gasteiger partial charge is 0.436 e. The van der Waals surface area contributed by atoms with Crippen molar-refractivity contribution in [2.24, 2.45) is 7.05 Å². The van der Waals surface area contributed by atoms with Crippen molar-refractivity contribution in [3.63, 3.8) is 0 Å². The van der Waals surface area contributed by atoms with Gasteiger partial charge in [-0.2, -0.15) is 18.3 Å². The molecule has 178 valence electrons. The first-order chi connectivity index (χ1) is 15.9. The van der Waals surface area contributed by atoms with Crippen molar-refractivity contribution in [3.05, 3.63) is 74.9 Å². The lowest BCUT2D eigenvalue weighted by molar-refractivity contribution is -0.141. The molecule has 0 spiro atoms. The first-order valence-corrected chi connectivity index (χ1v) is 10.6. The van der Waals surface area contributed by atoms with Crippen molar-refractivity contribution < 1.29 is 32.6 Å². The number of halogens is 5. The average molecular weight is 514 g/mol. The number of alkyl halides is 3. The number of aromatic nitrogens is 2. The normalized spacial score (nSPS) is 14.5. The van der Waals surface area contributed by atoms with Crippen molar-refractivity contribution in [1.82, 2.24) is 15.1 Å². The third-order valence-corrected chi connectivity index (χ3v) is 6.12. The molecule has 3 aromatic rings. The minimum atomic E-state index is -4.93. The number of hydrogen-bond donors (Lipinski definition) is 2. The third kappa shape index (κ3) is 4.55. The lowest BCUT2D eigenvalue weighted by atomic mass is 10.0. The standard InChI is InChI=1S/C22H16Cl2F3N3O4/c1-30-19(34-13-6-7-14(23)15(24)10-13)16(17(29-30)22(25,26)27)18(31)28-21(8-9-21)12-4-2-11(3-5-12)20(32)33/h2-7,10H,8-9H2,1H3,(H,28,31)(H,32,33). The summed E-state index contributed by atoms with van der Waals surface area (Å²) >= 11 is 11.8. The first kappa shape index (κ1) is 23.9. The van der Waals surface area contributed by atoms with Gasteiger partial charge in [0.25, 0.3) is 5.91 Å². The van der Waals surface area contributed by atoms with Crippen LogP contribution in [0.4, 0.5) is 13.2 Å². The molecule has 0 saturated heterocycles. The fourth-order valence-electron chi connectivity index (χ4n) is 3.50. The van der Waals surface area contributed by atoms with Crippen LogP contribution in [0.3, 0.4) is 0 Å². The van der Waals surface area contributed by atoms with E-state index in [1.54, 1.807) is 0 Å². The number of ether oxygens (including phenoxy) is 1. The van der Waals surface area contributed by atoms with Crippen molar-refractivity contribution in [3.8, 4) is 11.6 Å². The van der Waals surface area contributed by atoms with Crippen LogP contribution in [0.25, 0.3) is 0 Å². The Labute approximate surface area is 201 Å². The molecule has 7 nitrogen and oxygen atoms in total. The van der Waals surface area contributed by atoms with Gasteiger partial charge in [-0.3, -0.25) is 4.79 Å². The number of carbonyl (C=O) groups is 2. The zero-order chi connectivity index (χ0) is 24.8. The van der Waals surface area contributed by atoms with Gasteiger partial charge in [0.1, 0.15) is 11.3 Å². The van der Waals surface area contributed by atoms with Crippen LogP contribution in [0.15, 0.2) is 42.5 Å². The fraction of sp³-hybridized carbons (Fsp3) is 0.227. The third-order valence-electron chi connectivity index (χ3n) is 5.38. The summed E-state index contributed by atoms with van der Waals surface area (Å²) in [4.78, 5) is 24.3. The minimum Gasteiger partial charge on any atom is -0.478 e. The number of nitrogens with one attached hydrogen (secondary N) is 1. The molecule has 4 rings (SSSR count). The van der Waals surface area contributed by atoms with E-state index in [1.807, 2.05) is 0 Å². The number of carboxylic acid groups (broad SMARTS) is 1. The Morgan fingerprint density at radius 3 is 2.29 bits per heavy atom. The molecular formula is C22H16Cl2F3N3O4. The van der Waals surface area contributed by atoms with Crippen LogP contribution in [-0.4, -0.2) is 26.8 Å². The molecule has 1 heterocycles. The van der Waals surface area contributed by atoms with Crippen molar-refractivity contribution in [2.45, 2.75) is 24.6 Å². The van der Waals surface area contributed by atoms with Crippen LogP contribution < -0.4 is 10.1 Å². The Balaban J connectivity index is 1.70. The van der Waals surface area contributed by atoms with Gasteiger partial charge >= 0.3 is 12.1 Å². The zero-order valence-electron chi connectivity index (χ0n) is 17.4. The maximum absolute atomic E-state index is 13.7. The molecule has 0 radical (unpaired) electrons. The summed E-state index contributed by atoms with van der Waals surface area (Å²) in [5.41, 5.74) is -2.48. The second-order valence-corrected chi connectivity index (χ2v) is 8.56. The monoisotopic (exact) mass is 513 g/mol. The fourth-order valence-corrected chi connectivity index (χ4v) is 3.79. The van der Waals surface area contributed by atoms with Crippen LogP contribution in [0, 0.1) is 0 Å². The lowest BCUT2D eigenvalue weighted by Gasteiger charge is -2.19. The molecular weight excluding hydrogens is 498 g/mol. The predicted molar refractivity (Wildman–Crippen MR) is 117 cm³/mol. The first-order valence-electron chi connectivity index (χ1n) is 9.85. The van der Waals surface area contributed by atoms with Crippen LogP contribution in [-0.2, 0) is 18.8 Å². The lowest BCUT2D eigenvalue weighted by Crippen LogP contribution is -2.36. The Morgan fingerprint density at radius 1 is 1.12 bits per heavy atom. The van der Waals surface area contributed by atoms with Gasteiger partial charge in [-0.1, -0.05) is 35.3 Å². The second-order valence-electron chi connectivity index (χ2n) is 7.75. The Hall–Kier alpha value is -3.24. The second kappa shape index (κ2) is 8.52. The Kier molecular flexibility index (Phi) is 5.99. The Bertz CT molecular complexity index is 1290. The van der Waals surface area contributed by atoms with Crippen LogP contribution in [0.5, 0.6) is 11.6 Å². The average Bonchev–Trinajstić information content (AvgIpc) is 3.46. The molecule has 34 heavy (non-hydrogen) atoms. The summed E-state index contributed by atoms with van der Waals surface area (Å²) in [6.45, 7) is 0. The van der Waals surface area contributed by atoms with E-state index >= 15 is 0 Å². The summed E-state index contributed by atoms with van der Waals surface area (Å²) in [6.07, 6.45) is -3.99. The summed E-state index contributed by atoms with van der Waals surface area (Å²) in [7, 11) is 1.22. The molecule has 0 atom stereocenters. The minimum absolute atomic E-state index is 0.0507. The van der Waals surface area contributed by atoms with E-state index in [0.29, 0.717) is 18.4 Å². The molecule has 2 aromatic carbocycles. The van der Waals surface area contributed by atoms with E-state index < -0.39 is 40.7 Å². The number of carbonyl (C=O) groups excluding carboxylic acids is 1. The summed E-state index contributed by atoms with van der Waals surface area (Å²) in [5, 5.41) is 15.5. The summed E-state index contributed by atoms with van der Waals surface area (Å²) < 4.78 is 47.6. The maximum atomic E-state index is 13.7. The number of amides is 1. The predicted octanol–water partition coefficient (Wildman–Crippen LogP) is 5.66. The number of aryl methyl sites for hydroxylation is 1. The van der Waals surface area contributed by atoms with Gasteiger partial charge in [0.15, 0.2) is 5.69 Å². The molecule has 1 aliphatic rings. The number of nitrogens with zero attached hydrogens (tertiary/aromatic N) is 2. The Morgan fingerprint density at radius 2 is 1.76 bits per heavy atom. The molecule has 1 aliphatic carbocycles. The number of aromatic carboxylic acids is 1. The van der Waals surface area contributed by atoms with Gasteiger partial charge in [0, 0.05) is 13.1 Å². The number of benzene rings is 2. The van der Waals surface area contributed by atoms with Gasteiger partial charge in [-0.05, 0) is 42.7 Å². The molecule has 1 aromatic heterocycles. The van der Waals surface area contributed by atoms with E-state index in [4.69, 9.17) is 33.0 Å². The highest BCUT2D eigenvalue weighted by atomic mass is 35.5. The highest BCUT2D eigenvalue weighted by Gasteiger charge is 2.49. The summed E-state index contributed by atoms with van der Waals surface area (Å²) in [6, 6.07) is 9.89. The molecule has 1 amide bonds. The number of rotatable bonds is 6. The number of hydrogen-bond acceptors (Lipinski definition) is 4. The van der Waals surface area contributed by atoms with Crippen molar-refractivity contribution >= 4 is 35.1 Å². The highest BCUT2D eigenvalue weighted by Crippen LogP contribution is 2.47. The van der Waals surface area contributed by atoms with Gasteiger partial charge in [0.05, 0.1) is 21.1 Å². The van der Waals surface area contributed by atoms with Gasteiger partial charge in [-0.25, -0.2) is 9.48 Å². The zero-order valence-corrected chi connectivity index (χ0v) is 18.9. The summed E-state index contributed by atoms with van der Waals surface area (Å²) in [5.74, 6) is -2.52. The van der Waals surface area contributed by atoms with Gasteiger partial charge in [0.2, 0.25) is 5.88 Å². The topological polar surface area (TPSA) is 93.5 Å². The van der Waals surface area contributed by atoms with E-state index in [2.05, 4.69) is 10.4 Å². The van der Waals surface area contributed by atoms with Gasteiger partial charge < -0.3 is 15.2 Å². The van der Waals surface area contributed by atoms with E-state index in [9.17, 15) is 22.8 Å². The SMILES string of the molecule is Cn1nc(C(F)(F)F)c(C(=O)NC2(c3ccc(C(=O)O)cc3)CC2)c1Oc1ccc(Cl)c(Cl)c1. The van der Waals surface area contributed by atoms with Crippen LogP contribution in [0.2, 0.25) is 10.0 Å². The van der Waals surface area contributed by atoms with Crippen LogP contribution >= 0.6 is 23.2 Å². The number of carboxylic acids is 1.